The molecule has 8 heteroatoms. The molecule has 0 bridgehead atoms. The summed E-state index contributed by atoms with van der Waals surface area (Å²) in [5.74, 6) is 4.07. The lowest BCUT2D eigenvalue weighted by atomic mass is 10.4. The molecule has 4 N–H and O–H groups in total. The van der Waals surface area contributed by atoms with Crippen LogP contribution in [0.5, 0.6) is 0 Å². The van der Waals surface area contributed by atoms with E-state index >= 15 is 0 Å². The summed E-state index contributed by atoms with van der Waals surface area (Å²) in [7, 11) is 0. The Bertz CT molecular complexity index is 311. The van der Waals surface area contributed by atoms with Gasteiger partial charge in [0.2, 0.25) is 5.69 Å². The molecule has 0 radical (unpaired) electrons. The van der Waals surface area contributed by atoms with Crippen molar-refractivity contribution in [3.8, 4) is 0 Å². The van der Waals surface area contributed by atoms with Crippen LogP contribution in [-0.4, -0.2) is 20.7 Å². The molecule has 0 saturated carbocycles. The molecule has 0 unspecified atom stereocenters. The van der Waals surface area contributed by atoms with Gasteiger partial charge in [0, 0.05) is 0 Å². The molecule has 1 rings (SSSR count). The maximum atomic E-state index is 10.5. The summed E-state index contributed by atoms with van der Waals surface area (Å²) in [5.41, 5.74) is 3.85. The number of hydrogen-bond donors (Lipinski definition) is 2. The summed E-state index contributed by atoms with van der Waals surface area (Å²) < 4.78 is 0. The number of amides is 1. The molecule has 1 aromatic heterocycles. The summed E-state index contributed by atoms with van der Waals surface area (Å²) in [6.45, 7) is 0. The Kier molecular flexibility index (Phi) is 1.66. The molecule has 0 aliphatic carbocycles. The van der Waals surface area contributed by atoms with Crippen LogP contribution in [0.4, 0.5) is 5.69 Å². The Balaban J connectivity index is 3.26. The van der Waals surface area contributed by atoms with Gasteiger partial charge in [-0.2, -0.15) is 4.79 Å². The van der Waals surface area contributed by atoms with Crippen molar-refractivity contribution in [2.45, 2.75) is 0 Å². The highest BCUT2D eigenvalue weighted by Gasteiger charge is 2.22. The zero-order valence-corrected chi connectivity index (χ0v) is 5.80. The lowest BCUT2D eigenvalue weighted by molar-refractivity contribution is -0.385. The van der Waals surface area contributed by atoms with E-state index in [1.807, 2.05) is 0 Å². The second-order valence-corrected chi connectivity index (χ2v) is 1.96. The molecule has 64 valence electrons. The van der Waals surface area contributed by atoms with Crippen LogP contribution in [0.1, 0.15) is 10.5 Å². The molecule has 1 amide bonds. The van der Waals surface area contributed by atoms with Gasteiger partial charge in [0.25, 0.3) is 5.91 Å². The number of nitrogen functional groups attached to an aromatic ring is 1. The zero-order chi connectivity index (χ0) is 9.30. The number of carbonyl (C=O) groups excluding carboxylic acids is 1. The highest BCUT2D eigenvalue weighted by atomic mass is 16.6. The first-order chi connectivity index (χ1) is 5.52. The van der Waals surface area contributed by atoms with Crippen LogP contribution in [-0.2, 0) is 0 Å². The van der Waals surface area contributed by atoms with Gasteiger partial charge in [0.05, 0.1) is 4.92 Å². The second-order valence-electron chi connectivity index (χ2n) is 1.96. The quantitative estimate of drug-likeness (QED) is 0.321. The van der Waals surface area contributed by atoms with Gasteiger partial charge in [0.1, 0.15) is 6.20 Å². The van der Waals surface area contributed by atoms with Crippen LogP contribution < -0.4 is 11.6 Å². The fourth-order valence-electron chi connectivity index (χ4n) is 0.691. The molecule has 0 saturated heterocycles. The zero-order valence-electron chi connectivity index (χ0n) is 5.80. The molecular weight excluding hydrogens is 166 g/mol. The third kappa shape index (κ3) is 1.17. The number of nitrogens with zero attached hydrogens (tertiary/aromatic N) is 3. The normalized spacial score (nSPS) is 9.67. The first kappa shape index (κ1) is 7.98. The molecule has 0 aromatic carbocycles. The van der Waals surface area contributed by atoms with Gasteiger partial charge in [-0.25, -0.2) is 0 Å². The van der Waals surface area contributed by atoms with E-state index in [0.29, 0.717) is 4.79 Å². The van der Waals surface area contributed by atoms with Crippen molar-refractivity contribution in [2.75, 3.05) is 5.84 Å². The van der Waals surface area contributed by atoms with Crippen molar-refractivity contribution in [1.29, 1.82) is 0 Å². The van der Waals surface area contributed by atoms with Gasteiger partial charge in [-0.05, 0) is 0 Å². The van der Waals surface area contributed by atoms with Gasteiger partial charge >= 0.3 is 5.69 Å². The lowest BCUT2D eigenvalue weighted by Crippen LogP contribution is -2.15. The first-order valence-corrected chi connectivity index (χ1v) is 2.81. The fraction of sp³-hybridized carbons (Fsp3) is 0. The number of aromatic nitrogens is 2. The first-order valence-electron chi connectivity index (χ1n) is 2.81. The van der Waals surface area contributed by atoms with Crippen molar-refractivity contribution in [1.82, 2.24) is 9.89 Å². The van der Waals surface area contributed by atoms with E-state index in [4.69, 9.17) is 11.6 Å². The SMILES string of the molecule is NC(=O)c1nn(N)cc1[N+](=O)[O-]. The smallest absolute Gasteiger partial charge is 0.322 e. The number of nitrogens with two attached hydrogens (primary N) is 2. The van der Waals surface area contributed by atoms with Crippen LogP contribution in [0.15, 0.2) is 6.20 Å². The molecule has 0 aliphatic rings. The molecule has 0 fully saturated rings. The Morgan fingerprint density at radius 2 is 2.33 bits per heavy atom. The van der Waals surface area contributed by atoms with Crippen LogP contribution in [0.3, 0.4) is 0 Å². The van der Waals surface area contributed by atoms with Gasteiger partial charge in [-0.1, -0.05) is 0 Å². The largest absolute Gasteiger partial charge is 0.364 e. The maximum Gasteiger partial charge on any atom is 0.322 e. The minimum absolute atomic E-state index is 0.442. The highest BCUT2D eigenvalue weighted by molar-refractivity contribution is 5.94. The Hall–Kier alpha value is -2.12. The third-order valence-electron chi connectivity index (χ3n) is 1.14. The van der Waals surface area contributed by atoms with E-state index in [-0.39, 0.29) is 0 Å². The van der Waals surface area contributed by atoms with E-state index in [1.54, 1.807) is 0 Å². The predicted molar refractivity (Wildman–Crippen MR) is 37.5 cm³/mol. The predicted octanol–water partition coefficient (Wildman–Crippen LogP) is -1.40. The van der Waals surface area contributed by atoms with Gasteiger partial charge in [-0.3, -0.25) is 14.9 Å². The average Bonchev–Trinajstić information content (AvgIpc) is 2.31. The summed E-state index contributed by atoms with van der Waals surface area (Å²) in [4.78, 5) is 20.6. The van der Waals surface area contributed by atoms with Crippen LogP contribution in [0, 0.1) is 10.1 Å². The van der Waals surface area contributed by atoms with Crippen molar-refractivity contribution in [3.05, 3.63) is 22.0 Å². The topological polar surface area (TPSA) is 130 Å². The minimum Gasteiger partial charge on any atom is -0.364 e. The summed E-state index contributed by atoms with van der Waals surface area (Å²) in [6, 6.07) is 0. The lowest BCUT2D eigenvalue weighted by Gasteiger charge is -1.86. The Labute approximate surface area is 65.9 Å². The van der Waals surface area contributed by atoms with E-state index in [2.05, 4.69) is 5.10 Å². The Morgan fingerprint density at radius 3 is 2.67 bits per heavy atom. The van der Waals surface area contributed by atoms with Crippen molar-refractivity contribution >= 4 is 11.6 Å². The van der Waals surface area contributed by atoms with Crippen LogP contribution >= 0.6 is 0 Å². The standard InChI is InChI=1S/C4H5N5O3/c5-4(10)3-2(9(11)12)1-8(6)7-3/h1H,6H2,(H2,5,10). The molecule has 0 spiro atoms. The van der Waals surface area contributed by atoms with Crippen LogP contribution in [0.25, 0.3) is 0 Å². The number of rotatable bonds is 2. The molecule has 1 aromatic rings. The van der Waals surface area contributed by atoms with E-state index in [1.165, 1.54) is 0 Å². The summed E-state index contributed by atoms with van der Waals surface area (Å²) in [6.07, 6.45) is 0.903. The van der Waals surface area contributed by atoms with Crippen molar-refractivity contribution in [3.63, 3.8) is 0 Å². The molecular formula is C4H5N5O3. The van der Waals surface area contributed by atoms with Crippen molar-refractivity contribution in [2.24, 2.45) is 5.73 Å². The minimum atomic E-state index is -0.981. The van der Waals surface area contributed by atoms with Crippen LogP contribution in [0.2, 0.25) is 0 Å². The van der Waals surface area contributed by atoms with E-state index < -0.39 is 22.2 Å². The highest BCUT2D eigenvalue weighted by Crippen LogP contribution is 2.13. The number of primary amides is 1. The number of carbonyl (C=O) groups is 1. The Morgan fingerprint density at radius 1 is 1.75 bits per heavy atom. The molecule has 0 aliphatic heterocycles. The van der Waals surface area contributed by atoms with E-state index in [0.717, 1.165) is 6.20 Å². The van der Waals surface area contributed by atoms with Gasteiger partial charge in [0.15, 0.2) is 0 Å². The molecule has 0 atom stereocenters. The summed E-state index contributed by atoms with van der Waals surface area (Å²) in [5, 5.41) is 13.5. The monoisotopic (exact) mass is 171 g/mol. The van der Waals surface area contributed by atoms with Crippen molar-refractivity contribution < 1.29 is 9.72 Å². The second kappa shape index (κ2) is 2.49. The molecule has 12 heavy (non-hydrogen) atoms. The maximum absolute atomic E-state index is 10.5. The number of nitro groups is 1. The molecule has 8 nitrogen and oxygen atoms in total. The van der Waals surface area contributed by atoms with E-state index in [9.17, 15) is 14.9 Å². The average molecular weight is 171 g/mol. The number of hydrogen-bond acceptors (Lipinski definition) is 5. The molecule has 1 heterocycles. The summed E-state index contributed by atoms with van der Waals surface area (Å²) >= 11 is 0. The fourth-order valence-corrected chi connectivity index (χ4v) is 0.691. The van der Waals surface area contributed by atoms with Gasteiger partial charge < -0.3 is 11.6 Å². The van der Waals surface area contributed by atoms with Gasteiger partial charge in [-0.15, -0.1) is 5.10 Å². The third-order valence-corrected chi connectivity index (χ3v) is 1.14.